The average Bonchev–Trinajstić information content (AvgIpc) is 2.06. The van der Waals surface area contributed by atoms with E-state index >= 15 is 0 Å². The lowest BCUT2D eigenvalue weighted by atomic mass is 9.88. The predicted molar refractivity (Wildman–Crippen MR) is 43.8 cm³/mol. The Bertz CT molecular complexity index is 358. The van der Waals surface area contributed by atoms with Gasteiger partial charge in [-0.25, -0.2) is 0 Å². The van der Waals surface area contributed by atoms with E-state index in [4.69, 9.17) is 0 Å². The van der Waals surface area contributed by atoms with Crippen molar-refractivity contribution in [2.45, 2.75) is 18.8 Å². The lowest BCUT2D eigenvalue weighted by Gasteiger charge is -2.22. The Morgan fingerprint density at radius 3 is 2.46 bits per heavy atom. The van der Waals surface area contributed by atoms with Gasteiger partial charge in [0.2, 0.25) is 5.78 Å². The molecule has 1 aliphatic rings. The Kier molecular flexibility index (Phi) is 1.68. The number of hydrogen-bond donors (Lipinski definition) is 0. The molecule has 1 aromatic carbocycles. The van der Waals surface area contributed by atoms with Crippen LogP contribution >= 0.6 is 0 Å². The number of alkyl halides is 2. The first kappa shape index (κ1) is 8.35. The molecule has 0 saturated heterocycles. The first-order valence-electron chi connectivity index (χ1n) is 4.07. The van der Waals surface area contributed by atoms with Crippen molar-refractivity contribution in [3.63, 3.8) is 0 Å². The van der Waals surface area contributed by atoms with E-state index in [2.05, 4.69) is 0 Å². The molecule has 0 heterocycles. The lowest BCUT2D eigenvalue weighted by molar-refractivity contribution is -0.143. The molecule has 13 heavy (non-hydrogen) atoms. The van der Waals surface area contributed by atoms with Gasteiger partial charge in [0.1, 0.15) is 0 Å². The number of carbonyl (C=O) groups excluding carboxylic acids is 1. The Labute approximate surface area is 74.4 Å². The van der Waals surface area contributed by atoms with Crippen molar-refractivity contribution in [3.8, 4) is 0 Å². The van der Waals surface area contributed by atoms with Crippen LogP contribution in [-0.4, -0.2) is 11.7 Å². The molecule has 0 atom stereocenters. The van der Waals surface area contributed by atoms with Gasteiger partial charge in [0, 0.05) is 12.8 Å². The molecule has 0 N–H and O–H groups in total. The second kappa shape index (κ2) is 2.62. The zero-order valence-electron chi connectivity index (χ0n) is 6.89. The minimum Gasteiger partial charge on any atom is -0.293 e. The average molecular weight is 182 g/mol. The van der Waals surface area contributed by atoms with E-state index in [0.29, 0.717) is 5.56 Å². The second-order valence-electron chi connectivity index (χ2n) is 3.25. The van der Waals surface area contributed by atoms with E-state index in [1.807, 2.05) is 0 Å². The van der Waals surface area contributed by atoms with Gasteiger partial charge in [0.15, 0.2) is 0 Å². The smallest absolute Gasteiger partial charge is 0.293 e. The molecule has 2 rings (SSSR count). The van der Waals surface area contributed by atoms with Crippen LogP contribution < -0.4 is 0 Å². The van der Waals surface area contributed by atoms with Gasteiger partial charge in [-0.05, 0) is 11.1 Å². The maximum absolute atomic E-state index is 12.9. The normalized spacial score (nSPS) is 19.7. The summed E-state index contributed by atoms with van der Waals surface area (Å²) in [6.45, 7) is 0. The van der Waals surface area contributed by atoms with Crippen molar-refractivity contribution < 1.29 is 13.6 Å². The maximum atomic E-state index is 12.9. The minimum absolute atomic E-state index is 0.136. The van der Waals surface area contributed by atoms with Crippen molar-refractivity contribution in [1.82, 2.24) is 0 Å². The molecule has 1 aliphatic carbocycles. The highest BCUT2D eigenvalue weighted by Gasteiger charge is 2.42. The number of fused-ring (bicyclic) bond motifs is 1. The van der Waals surface area contributed by atoms with Crippen molar-refractivity contribution >= 4 is 5.78 Å². The summed E-state index contributed by atoms with van der Waals surface area (Å²) in [6, 6.07) is 6.85. The van der Waals surface area contributed by atoms with Crippen LogP contribution in [0.3, 0.4) is 0 Å². The molecule has 1 aromatic rings. The highest BCUT2D eigenvalue weighted by Crippen LogP contribution is 2.29. The number of hydrogen-bond acceptors (Lipinski definition) is 1. The monoisotopic (exact) mass is 182 g/mol. The quantitative estimate of drug-likeness (QED) is 0.599. The Hall–Kier alpha value is -1.25. The van der Waals surface area contributed by atoms with Crippen molar-refractivity contribution in [2.75, 3.05) is 0 Å². The highest BCUT2D eigenvalue weighted by atomic mass is 19.3. The molecule has 0 amide bonds. The van der Waals surface area contributed by atoms with Gasteiger partial charge in [0.05, 0.1) is 0 Å². The fourth-order valence-corrected chi connectivity index (χ4v) is 1.54. The molecule has 1 nitrogen and oxygen atoms in total. The van der Waals surface area contributed by atoms with E-state index < -0.39 is 18.1 Å². The molecule has 0 spiro atoms. The Morgan fingerprint density at radius 1 is 1.15 bits per heavy atom. The van der Waals surface area contributed by atoms with Gasteiger partial charge in [-0.1, -0.05) is 24.3 Å². The number of halogens is 2. The third kappa shape index (κ3) is 1.34. The lowest BCUT2D eigenvalue weighted by Crippen LogP contribution is -2.36. The van der Waals surface area contributed by atoms with Crippen LogP contribution in [0.1, 0.15) is 11.1 Å². The summed E-state index contributed by atoms with van der Waals surface area (Å²) >= 11 is 0. The van der Waals surface area contributed by atoms with Crippen LogP contribution in [0.4, 0.5) is 8.78 Å². The van der Waals surface area contributed by atoms with Crippen LogP contribution in [0.5, 0.6) is 0 Å². The van der Waals surface area contributed by atoms with Crippen LogP contribution in [0, 0.1) is 0 Å². The number of carbonyl (C=O) groups is 1. The summed E-state index contributed by atoms with van der Waals surface area (Å²) in [5.41, 5.74) is 1.32. The summed E-state index contributed by atoms with van der Waals surface area (Å²) in [5, 5.41) is 0. The molecule has 0 saturated carbocycles. The van der Waals surface area contributed by atoms with Crippen molar-refractivity contribution in [3.05, 3.63) is 35.4 Å². The van der Waals surface area contributed by atoms with Gasteiger partial charge in [-0.15, -0.1) is 0 Å². The molecular weight excluding hydrogens is 174 g/mol. The van der Waals surface area contributed by atoms with Gasteiger partial charge in [-0.2, -0.15) is 8.78 Å². The highest BCUT2D eigenvalue weighted by molar-refractivity contribution is 5.89. The summed E-state index contributed by atoms with van der Waals surface area (Å²) < 4.78 is 25.9. The van der Waals surface area contributed by atoms with Crippen LogP contribution in [0.15, 0.2) is 24.3 Å². The molecular formula is C10H8F2O. The molecule has 0 aromatic heterocycles. The first-order valence-corrected chi connectivity index (χ1v) is 4.07. The summed E-state index contributed by atoms with van der Waals surface area (Å²) in [4.78, 5) is 10.9. The number of Topliss-reactive ketones (excluding diaryl/α,β-unsaturated/α-hetero) is 1. The number of benzene rings is 1. The Balaban J connectivity index is 2.44. The molecule has 0 bridgehead atoms. The van der Waals surface area contributed by atoms with Gasteiger partial charge >= 0.3 is 5.92 Å². The number of ketones is 1. The zero-order valence-corrected chi connectivity index (χ0v) is 6.89. The number of rotatable bonds is 0. The molecule has 68 valence electrons. The minimum atomic E-state index is -3.16. The topological polar surface area (TPSA) is 17.1 Å². The van der Waals surface area contributed by atoms with E-state index in [1.165, 1.54) is 0 Å². The first-order chi connectivity index (χ1) is 6.09. The largest absolute Gasteiger partial charge is 0.309 e. The molecule has 0 fully saturated rings. The fraction of sp³-hybridized carbons (Fsp3) is 0.300. The third-order valence-electron chi connectivity index (χ3n) is 2.29. The van der Waals surface area contributed by atoms with E-state index in [1.54, 1.807) is 24.3 Å². The maximum Gasteiger partial charge on any atom is 0.309 e. The van der Waals surface area contributed by atoms with Gasteiger partial charge < -0.3 is 0 Å². The summed E-state index contributed by atoms with van der Waals surface area (Å²) in [5.74, 6) is -4.12. The molecule has 3 heteroatoms. The fourth-order valence-electron chi connectivity index (χ4n) is 1.54. The zero-order chi connectivity index (χ0) is 9.47. The van der Waals surface area contributed by atoms with Gasteiger partial charge in [-0.3, -0.25) is 4.79 Å². The van der Waals surface area contributed by atoms with Crippen molar-refractivity contribution in [2.24, 2.45) is 0 Å². The van der Waals surface area contributed by atoms with Crippen LogP contribution in [-0.2, 0) is 17.6 Å². The predicted octanol–water partition coefficient (Wildman–Crippen LogP) is 1.99. The van der Waals surface area contributed by atoms with E-state index in [9.17, 15) is 13.6 Å². The standard InChI is InChI=1S/C10H8F2O/c11-10(12)6-8-4-2-1-3-7(8)5-9(10)13/h1-4H,5-6H2. The van der Waals surface area contributed by atoms with Gasteiger partial charge in [0.25, 0.3) is 0 Å². The molecule has 0 radical (unpaired) electrons. The molecule has 0 unspecified atom stereocenters. The van der Waals surface area contributed by atoms with Crippen molar-refractivity contribution in [1.29, 1.82) is 0 Å². The SMILES string of the molecule is O=C1Cc2ccccc2CC1(F)F. The van der Waals surface area contributed by atoms with E-state index in [0.717, 1.165) is 5.56 Å². The summed E-state index contributed by atoms with van der Waals surface area (Å²) in [6.07, 6.45) is -0.578. The Morgan fingerprint density at radius 2 is 1.77 bits per heavy atom. The second-order valence-corrected chi connectivity index (χ2v) is 3.25. The third-order valence-corrected chi connectivity index (χ3v) is 2.29. The molecule has 0 aliphatic heterocycles. The summed E-state index contributed by atoms with van der Waals surface area (Å²) in [7, 11) is 0. The van der Waals surface area contributed by atoms with Crippen LogP contribution in [0.2, 0.25) is 0 Å². The van der Waals surface area contributed by atoms with E-state index in [-0.39, 0.29) is 6.42 Å². The van der Waals surface area contributed by atoms with Crippen LogP contribution in [0.25, 0.3) is 0 Å².